The number of ether oxygens (including phenoxy) is 2. The fourth-order valence-electron chi connectivity index (χ4n) is 4.03. The van der Waals surface area contributed by atoms with Gasteiger partial charge in [0.15, 0.2) is 0 Å². The zero-order chi connectivity index (χ0) is 23.5. The Bertz CT molecular complexity index is 1060. The highest BCUT2D eigenvalue weighted by Gasteiger charge is 2.54. The number of benzene rings is 1. The van der Waals surface area contributed by atoms with Crippen molar-refractivity contribution in [2.45, 2.75) is 13.0 Å². The number of halogens is 2. The molecule has 33 heavy (non-hydrogen) atoms. The summed E-state index contributed by atoms with van der Waals surface area (Å²) in [6.07, 6.45) is 1.56. The van der Waals surface area contributed by atoms with E-state index in [-0.39, 0.29) is 30.2 Å². The Kier molecular flexibility index (Phi) is 6.51. The molecule has 1 aromatic heterocycles. The first kappa shape index (κ1) is 22.6. The largest absolute Gasteiger partial charge is 0.442 e. The Morgan fingerprint density at radius 2 is 2.00 bits per heavy atom. The molecule has 4 atom stereocenters. The highest BCUT2D eigenvalue weighted by molar-refractivity contribution is 5.90. The molecule has 1 N–H and O–H groups in total. The maximum Gasteiger partial charge on any atom is 0.414 e. The van der Waals surface area contributed by atoms with Crippen molar-refractivity contribution in [3.05, 3.63) is 48.3 Å². The van der Waals surface area contributed by atoms with Gasteiger partial charge in [-0.15, -0.1) is 0 Å². The lowest BCUT2D eigenvalue weighted by atomic mass is 10.1. The second-order valence-electron chi connectivity index (χ2n) is 8.10. The number of cyclic esters (lactones) is 1. The number of aromatic nitrogens is 1. The number of amides is 2. The number of hydrogen-bond acceptors (Lipinski definition) is 6. The van der Waals surface area contributed by atoms with Crippen LogP contribution in [0.1, 0.15) is 6.92 Å². The molecule has 2 aromatic rings. The van der Waals surface area contributed by atoms with Gasteiger partial charge in [-0.05, 0) is 18.2 Å². The smallest absolute Gasteiger partial charge is 0.414 e. The molecule has 3 aliphatic rings. The van der Waals surface area contributed by atoms with Gasteiger partial charge in [-0.25, -0.2) is 13.6 Å². The van der Waals surface area contributed by atoms with Crippen molar-refractivity contribution in [1.29, 1.82) is 5.26 Å². The van der Waals surface area contributed by atoms with E-state index in [9.17, 15) is 18.4 Å². The lowest BCUT2D eigenvalue weighted by molar-refractivity contribution is -0.119. The molecular formula is C23H22F2N4O4. The van der Waals surface area contributed by atoms with Gasteiger partial charge >= 0.3 is 6.09 Å². The molecule has 3 heterocycles. The van der Waals surface area contributed by atoms with E-state index in [1.165, 1.54) is 19.3 Å². The number of rotatable bonds is 4. The van der Waals surface area contributed by atoms with Crippen LogP contribution in [0.25, 0.3) is 11.1 Å². The number of anilines is 1. The summed E-state index contributed by atoms with van der Waals surface area (Å²) in [4.78, 5) is 27.8. The van der Waals surface area contributed by atoms with Gasteiger partial charge in [-0.3, -0.25) is 14.7 Å². The van der Waals surface area contributed by atoms with Crippen LogP contribution < -0.4 is 10.2 Å². The van der Waals surface area contributed by atoms with E-state index in [0.717, 1.165) is 30.2 Å². The lowest BCUT2D eigenvalue weighted by Crippen LogP contribution is -2.33. The van der Waals surface area contributed by atoms with Crippen LogP contribution in [0.3, 0.4) is 0 Å². The van der Waals surface area contributed by atoms with Crippen molar-refractivity contribution >= 4 is 17.7 Å². The third-order valence-corrected chi connectivity index (χ3v) is 5.84. The van der Waals surface area contributed by atoms with Crippen LogP contribution in [0.2, 0.25) is 0 Å². The van der Waals surface area contributed by atoms with Crippen molar-refractivity contribution in [1.82, 2.24) is 10.3 Å². The molecule has 2 aliphatic heterocycles. The van der Waals surface area contributed by atoms with Crippen LogP contribution in [0.5, 0.6) is 0 Å². The van der Waals surface area contributed by atoms with Crippen LogP contribution in [0.4, 0.5) is 19.3 Å². The fraction of sp³-hybridized carbons (Fsp3) is 0.391. The van der Waals surface area contributed by atoms with Gasteiger partial charge in [0.2, 0.25) is 5.91 Å². The minimum absolute atomic E-state index is 0.0537. The Morgan fingerprint density at radius 3 is 2.55 bits per heavy atom. The molecule has 1 saturated carbocycles. The summed E-state index contributed by atoms with van der Waals surface area (Å²) in [6, 6.07) is 7.53. The molecule has 5 rings (SSSR count). The molecule has 1 aliphatic carbocycles. The Labute approximate surface area is 189 Å². The van der Waals surface area contributed by atoms with Crippen molar-refractivity contribution in [3.8, 4) is 17.2 Å². The van der Waals surface area contributed by atoms with Crippen LogP contribution in [0, 0.1) is 40.7 Å². The topological polar surface area (TPSA) is 105 Å². The number of carbonyl (C=O) groups is 2. The van der Waals surface area contributed by atoms with Crippen LogP contribution in [-0.4, -0.2) is 49.4 Å². The predicted molar refractivity (Wildman–Crippen MR) is 113 cm³/mol. The first-order valence-electron chi connectivity index (χ1n) is 10.5. The quantitative estimate of drug-likeness (QED) is 0.759. The second-order valence-corrected chi connectivity index (χ2v) is 8.10. The monoisotopic (exact) mass is 456 g/mol. The number of nitrogens with zero attached hydrogens (tertiary/aromatic N) is 3. The van der Waals surface area contributed by atoms with Gasteiger partial charge in [0.25, 0.3) is 0 Å². The average molecular weight is 456 g/mol. The lowest BCUT2D eigenvalue weighted by Gasteiger charge is -2.15. The normalized spacial score (nSPS) is 24.8. The van der Waals surface area contributed by atoms with Gasteiger partial charge in [0, 0.05) is 36.7 Å². The summed E-state index contributed by atoms with van der Waals surface area (Å²) in [6.45, 7) is 3.24. The van der Waals surface area contributed by atoms with Crippen LogP contribution in [-0.2, 0) is 14.3 Å². The van der Waals surface area contributed by atoms with E-state index >= 15 is 0 Å². The molecule has 2 saturated heterocycles. The summed E-state index contributed by atoms with van der Waals surface area (Å²) in [5.74, 6) is -0.293. The predicted octanol–water partition coefficient (Wildman–Crippen LogP) is 2.89. The molecule has 1 aromatic carbocycles. The average Bonchev–Trinajstić information content (AvgIpc) is 3.09. The third kappa shape index (κ3) is 4.93. The zero-order valence-electron chi connectivity index (χ0n) is 17.8. The SMILES string of the molecule is CC(=O)NCC1CN(c2cc(F)c(-c3cccnc3)c(F)c2)C(=O)O1.N#CC1[C@H]2COC[C@@H]12. The Hall–Kier alpha value is -3.58. The maximum atomic E-state index is 14.4. The molecule has 8 nitrogen and oxygen atoms in total. The number of nitrogens with one attached hydrogen (secondary N) is 1. The van der Waals surface area contributed by atoms with Gasteiger partial charge in [0.05, 0.1) is 49.5 Å². The van der Waals surface area contributed by atoms with Crippen molar-refractivity contribution in [2.24, 2.45) is 17.8 Å². The van der Waals surface area contributed by atoms with E-state index in [2.05, 4.69) is 16.4 Å². The first-order valence-corrected chi connectivity index (χ1v) is 10.5. The van der Waals surface area contributed by atoms with Crippen molar-refractivity contribution in [2.75, 3.05) is 31.2 Å². The highest BCUT2D eigenvalue weighted by Crippen LogP contribution is 2.49. The van der Waals surface area contributed by atoms with Gasteiger partial charge in [-0.1, -0.05) is 6.07 Å². The standard InChI is InChI=1S/C17H15F2N3O3.C6H7NO/c1-10(23)21-8-13-9-22(17(24)25-13)12-5-14(18)16(15(19)6-12)11-3-2-4-20-7-11;7-1-4-5-2-8-3-6(4)5/h2-7,13H,8-9H2,1H3,(H,21,23);4-6H,2-3H2/t;4?,5-,6+. The molecule has 2 amide bonds. The molecular weight excluding hydrogens is 434 g/mol. The molecule has 0 bridgehead atoms. The van der Waals surface area contributed by atoms with Gasteiger partial charge in [-0.2, -0.15) is 5.26 Å². The summed E-state index contributed by atoms with van der Waals surface area (Å²) < 4.78 is 39.0. The summed E-state index contributed by atoms with van der Waals surface area (Å²) in [5.41, 5.74) is 0.147. The number of fused-ring (bicyclic) bond motifs is 1. The first-order chi connectivity index (χ1) is 15.9. The Morgan fingerprint density at radius 1 is 1.30 bits per heavy atom. The second kappa shape index (κ2) is 9.50. The molecule has 2 unspecified atom stereocenters. The molecule has 3 fully saturated rings. The van der Waals surface area contributed by atoms with E-state index < -0.39 is 23.8 Å². The Balaban J connectivity index is 0.000000269. The van der Waals surface area contributed by atoms with Crippen LogP contribution >= 0.6 is 0 Å². The van der Waals surface area contributed by atoms with E-state index in [1.54, 1.807) is 12.1 Å². The van der Waals surface area contributed by atoms with Crippen LogP contribution in [0.15, 0.2) is 36.7 Å². The number of carbonyl (C=O) groups excluding carboxylic acids is 2. The highest BCUT2D eigenvalue weighted by atomic mass is 19.1. The zero-order valence-corrected chi connectivity index (χ0v) is 17.8. The summed E-state index contributed by atoms with van der Waals surface area (Å²) in [5, 5.41) is 10.9. The van der Waals surface area contributed by atoms with E-state index in [0.29, 0.717) is 23.3 Å². The number of pyridine rings is 1. The summed E-state index contributed by atoms with van der Waals surface area (Å²) >= 11 is 0. The maximum absolute atomic E-state index is 14.4. The molecule has 10 heteroatoms. The minimum atomic E-state index is -0.805. The number of hydrogen-bond donors (Lipinski definition) is 1. The van der Waals surface area contributed by atoms with E-state index in [4.69, 9.17) is 14.7 Å². The summed E-state index contributed by atoms with van der Waals surface area (Å²) in [7, 11) is 0. The fourth-order valence-corrected chi connectivity index (χ4v) is 4.03. The van der Waals surface area contributed by atoms with Gasteiger partial charge in [0.1, 0.15) is 17.7 Å². The third-order valence-electron chi connectivity index (χ3n) is 5.84. The molecule has 0 spiro atoms. The number of nitriles is 1. The van der Waals surface area contributed by atoms with Gasteiger partial charge < -0.3 is 14.8 Å². The van der Waals surface area contributed by atoms with Crippen molar-refractivity contribution < 1.29 is 27.8 Å². The van der Waals surface area contributed by atoms with E-state index in [1.807, 2.05) is 0 Å². The minimum Gasteiger partial charge on any atom is -0.442 e. The van der Waals surface area contributed by atoms with Crippen molar-refractivity contribution in [3.63, 3.8) is 0 Å². The molecule has 0 radical (unpaired) electrons. The molecule has 172 valence electrons.